The number of rotatable bonds is 5. The van der Waals surface area contributed by atoms with Gasteiger partial charge in [-0.3, -0.25) is 14.5 Å². The van der Waals surface area contributed by atoms with Gasteiger partial charge in [0.15, 0.2) is 0 Å². The van der Waals surface area contributed by atoms with Gasteiger partial charge in [-0.2, -0.15) is 0 Å². The maximum absolute atomic E-state index is 12.2. The lowest BCUT2D eigenvalue weighted by Gasteiger charge is -2.35. The molecule has 0 radical (unpaired) electrons. The smallest absolute Gasteiger partial charge is 0.237 e. The van der Waals surface area contributed by atoms with E-state index in [1.54, 1.807) is 21.2 Å². The van der Waals surface area contributed by atoms with Crippen LogP contribution in [0.2, 0.25) is 0 Å². The molecule has 0 spiro atoms. The number of piperazine rings is 1. The highest BCUT2D eigenvalue weighted by atomic mass is 16.5. The van der Waals surface area contributed by atoms with Crippen LogP contribution >= 0.6 is 0 Å². The molecule has 0 aromatic heterocycles. The zero-order chi connectivity index (χ0) is 17.0. The second kappa shape index (κ2) is 7.46. The lowest BCUT2D eigenvalue weighted by molar-refractivity contribution is -0.137. The topological polar surface area (TPSA) is 61.9 Å². The van der Waals surface area contributed by atoms with Gasteiger partial charge in [0.2, 0.25) is 11.8 Å². The molecule has 2 rings (SSSR count). The van der Waals surface area contributed by atoms with Crippen molar-refractivity contribution in [3.05, 3.63) is 29.3 Å². The van der Waals surface area contributed by atoms with E-state index in [-0.39, 0.29) is 18.2 Å². The molecule has 0 saturated carbocycles. The highest BCUT2D eigenvalue weighted by molar-refractivity contribution is 5.88. The van der Waals surface area contributed by atoms with E-state index in [0.29, 0.717) is 13.1 Å². The highest BCUT2D eigenvalue weighted by Crippen LogP contribution is 2.21. The maximum atomic E-state index is 12.2. The average Bonchev–Trinajstić information content (AvgIpc) is 2.50. The molecule has 1 fully saturated rings. The minimum atomic E-state index is -0.416. The summed E-state index contributed by atoms with van der Waals surface area (Å²) >= 11 is 0. The monoisotopic (exact) mass is 319 g/mol. The van der Waals surface area contributed by atoms with E-state index in [4.69, 9.17) is 4.74 Å². The molecule has 1 aromatic rings. The normalized spacial score (nSPS) is 18.4. The molecule has 1 atom stereocenters. The van der Waals surface area contributed by atoms with Crippen LogP contribution in [0.3, 0.4) is 0 Å². The Morgan fingerprint density at radius 1 is 1.43 bits per heavy atom. The van der Waals surface area contributed by atoms with Crippen molar-refractivity contribution in [3.63, 3.8) is 0 Å². The molecular weight excluding hydrogens is 294 g/mol. The molecule has 2 amide bonds. The van der Waals surface area contributed by atoms with Crippen LogP contribution in [0.1, 0.15) is 17.5 Å². The van der Waals surface area contributed by atoms with Crippen LogP contribution in [0.25, 0.3) is 0 Å². The number of benzene rings is 1. The molecule has 1 aromatic carbocycles. The summed E-state index contributed by atoms with van der Waals surface area (Å²) in [7, 11) is 5.07. The van der Waals surface area contributed by atoms with E-state index in [9.17, 15) is 9.59 Å². The fourth-order valence-electron chi connectivity index (χ4n) is 2.79. The van der Waals surface area contributed by atoms with Crippen molar-refractivity contribution in [3.8, 4) is 5.75 Å². The molecule has 23 heavy (non-hydrogen) atoms. The van der Waals surface area contributed by atoms with E-state index in [2.05, 4.69) is 16.3 Å². The van der Waals surface area contributed by atoms with Gasteiger partial charge < -0.3 is 15.0 Å². The summed E-state index contributed by atoms with van der Waals surface area (Å²) in [4.78, 5) is 27.8. The van der Waals surface area contributed by atoms with Crippen molar-refractivity contribution in [1.82, 2.24) is 15.1 Å². The van der Waals surface area contributed by atoms with E-state index in [1.165, 1.54) is 4.90 Å². The number of carbonyl (C=O) groups is 2. The van der Waals surface area contributed by atoms with Gasteiger partial charge in [-0.25, -0.2) is 0 Å². The third-order valence-corrected chi connectivity index (χ3v) is 4.15. The van der Waals surface area contributed by atoms with Crippen LogP contribution in [0.4, 0.5) is 0 Å². The van der Waals surface area contributed by atoms with Crippen LogP contribution in [-0.4, -0.2) is 62.0 Å². The standard InChI is InChI=1S/C17H25N3O3/c1-12-9-13(5-6-15(12)23-4)11-20-8-7-18-17(22)14(20)10-16(21)19(2)3/h5-6,9,14H,7-8,10-11H2,1-4H3,(H,18,22)/t14-/m0/s1. The Kier molecular flexibility index (Phi) is 5.60. The second-order valence-corrected chi connectivity index (χ2v) is 6.07. The molecule has 1 aliphatic rings. The van der Waals surface area contributed by atoms with E-state index in [1.807, 2.05) is 19.1 Å². The van der Waals surface area contributed by atoms with Crippen molar-refractivity contribution in [2.45, 2.75) is 25.9 Å². The quantitative estimate of drug-likeness (QED) is 0.871. The van der Waals surface area contributed by atoms with Crippen LogP contribution in [0.15, 0.2) is 18.2 Å². The Morgan fingerprint density at radius 2 is 2.17 bits per heavy atom. The third-order valence-electron chi connectivity index (χ3n) is 4.15. The third kappa shape index (κ3) is 4.22. The number of amides is 2. The second-order valence-electron chi connectivity index (χ2n) is 6.07. The molecule has 1 aliphatic heterocycles. The van der Waals surface area contributed by atoms with Crippen molar-refractivity contribution in [2.24, 2.45) is 0 Å². The van der Waals surface area contributed by atoms with Crippen molar-refractivity contribution >= 4 is 11.8 Å². The average molecular weight is 319 g/mol. The largest absolute Gasteiger partial charge is 0.496 e. The lowest BCUT2D eigenvalue weighted by Crippen LogP contribution is -2.56. The predicted molar refractivity (Wildman–Crippen MR) is 88.2 cm³/mol. The van der Waals surface area contributed by atoms with Crippen LogP contribution < -0.4 is 10.1 Å². The summed E-state index contributed by atoms with van der Waals surface area (Å²) in [6.07, 6.45) is 0.202. The van der Waals surface area contributed by atoms with Gasteiger partial charge in [0.25, 0.3) is 0 Å². The molecule has 1 saturated heterocycles. The maximum Gasteiger partial charge on any atom is 0.237 e. The molecule has 6 nitrogen and oxygen atoms in total. The summed E-state index contributed by atoms with van der Waals surface area (Å²) < 4.78 is 5.28. The number of hydrogen-bond acceptors (Lipinski definition) is 4. The fraction of sp³-hybridized carbons (Fsp3) is 0.529. The van der Waals surface area contributed by atoms with Gasteiger partial charge in [0, 0.05) is 33.7 Å². The van der Waals surface area contributed by atoms with Crippen molar-refractivity contribution < 1.29 is 14.3 Å². The van der Waals surface area contributed by atoms with Crippen LogP contribution in [-0.2, 0) is 16.1 Å². The number of methoxy groups -OCH3 is 1. The molecule has 6 heteroatoms. The summed E-state index contributed by atoms with van der Waals surface area (Å²) in [6, 6.07) is 5.59. The number of carbonyl (C=O) groups excluding carboxylic acids is 2. The van der Waals surface area contributed by atoms with Gasteiger partial charge in [0.1, 0.15) is 5.75 Å². The first-order valence-electron chi connectivity index (χ1n) is 7.77. The number of hydrogen-bond donors (Lipinski definition) is 1. The molecular formula is C17H25N3O3. The molecule has 1 N–H and O–H groups in total. The zero-order valence-corrected chi connectivity index (χ0v) is 14.3. The van der Waals surface area contributed by atoms with E-state index >= 15 is 0 Å². The van der Waals surface area contributed by atoms with E-state index in [0.717, 1.165) is 23.4 Å². The highest BCUT2D eigenvalue weighted by Gasteiger charge is 2.32. The molecule has 0 bridgehead atoms. The summed E-state index contributed by atoms with van der Waals surface area (Å²) in [5, 5.41) is 2.85. The molecule has 1 heterocycles. The fourth-order valence-corrected chi connectivity index (χ4v) is 2.79. The molecule has 0 unspecified atom stereocenters. The molecule has 126 valence electrons. The zero-order valence-electron chi connectivity index (χ0n) is 14.3. The van der Waals surface area contributed by atoms with Gasteiger partial charge in [-0.15, -0.1) is 0 Å². The minimum Gasteiger partial charge on any atom is -0.496 e. The number of ether oxygens (including phenoxy) is 1. The van der Waals surface area contributed by atoms with Crippen molar-refractivity contribution in [1.29, 1.82) is 0 Å². The first-order valence-corrected chi connectivity index (χ1v) is 7.77. The number of aryl methyl sites for hydroxylation is 1. The Balaban J connectivity index is 2.13. The number of nitrogens with one attached hydrogen (secondary N) is 1. The predicted octanol–water partition coefficient (Wildman–Crippen LogP) is 0.782. The summed E-state index contributed by atoms with van der Waals surface area (Å²) in [5.74, 6) is 0.740. The number of nitrogens with zero attached hydrogens (tertiary/aromatic N) is 2. The van der Waals surface area contributed by atoms with E-state index < -0.39 is 6.04 Å². The van der Waals surface area contributed by atoms with Gasteiger partial charge in [-0.1, -0.05) is 12.1 Å². The Labute approximate surface area is 137 Å². The van der Waals surface area contributed by atoms with Gasteiger partial charge >= 0.3 is 0 Å². The molecule has 0 aliphatic carbocycles. The minimum absolute atomic E-state index is 0.0389. The Hall–Kier alpha value is -2.08. The van der Waals surface area contributed by atoms with Crippen LogP contribution in [0, 0.1) is 6.92 Å². The summed E-state index contributed by atoms with van der Waals surface area (Å²) in [5.41, 5.74) is 2.17. The SMILES string of the molecule is COc1ccc(CN2CCNC(=O)[C@@H]2CC(=O)N(C)C)cc1C. The summed E-state index contributed by atoms with van der Waals surface area (Å²) in [6.45, 7) is 3.99. The van der Waals surface area contributed by atoms with Crippen LogP contribution in [0.5, 0.6) is 5.75 Å². The Morgan fingerprint density at radius 3 is 2.78 bits per heavy atom. The first kappa shape index (κ1) is 17.3. The Bertz CT molecular complexity index is 586. The van der Waals surface area contributed by atoms with Gasteiger partial charge in [-0.05, 0) is 24.1 Å². The van der Waals surface area contributed by atoms with Crippen molar-refractivity contribution in [2.75, 3.05) is 34.3 Å². The van der Waals surface area contributed by atoms with Gasteiger partial charge in [0.05, 0.1) is 19.6 Å². The lowest BCUT2D eigenvalue weighted by atomic mass is 10.0. The first-order chi connectivity index (χ1) is 10.9.